The maximum absolute atomic E-state index is 12.3. The molecule has 132 valence electrons. The third-order valence-corrected chi connectivity index (χ3v) is 5.30. The molecule has 0 spiro atoms. The number of aromatic nitrogens is 2. The van der Waals surface area contributed by atoms with Crippen LogP contribution in [0, 0.1) is 19.8 Å². The van der Waals surface area contributed by atoms with Crippen molar-refractivity contribution in [2.24, 2.45) is 11.7 Å². The second-order valence-electron chi connectivity index (χ2n) is 7.30. The SMILES string of the molecule is Cc1cc(N2CCC(NC(=O)C[C@@H]3CCC[C@H]3N)CC2)nc(C)n1. The first kappa shape index (κ1) is 17.1. The summed E-state index contributed by atoms with van der Waals surface area (Å²) in [5, 5.41) is 3.21. The third kappa shape index (κ3) is 4.23. The van der Waals surface area contributed by atoms with Crippen molar-refractivity contribution in [2.45, 2.75) is 64.5 Å². The molecule has 2 heterocycles. The van der Waals surface area contributed by atoms with E-state index >= 15 is 0 Å². The van der Waals surface area contributed by atoms with Crippen molar-refractivity contribution < 1.29 is 4.79 Å². The molecule has 3 N–H and O–H groups in total. The molecule has 6 nitrogen and oxygen atoms in total. The predicted molar refractivity (Wildman–Crippen MR) is 94.8 cm³/mol. The summed E-state index contributed by atoms with van der Waals surface area (Å²) in [5.74, 6) is 2.36. The predicted octanol–water partition coefficient (Wildman–Crippen LogP) is 1.70. The Morgan fingerprint density at radius 1 is 1.25 bits per heavy atom. The van der Waals surface area contributed by atoms with Crippen LogP contribution in [0.3, 0.4) is 0 Å². The first-order chi connectivity index (χ1) is 11.5. The second kappa shape index (κ2) is 7.47. The molecular formula is C18H29N5O. The Labute approximate surface area is 144 Å². The van der Waals surface area contributed by atoms with E-state index in [2.05, 4.69) is 20.2 Å². The average Bonchev–Trinajstić information content (AvgIpc) is 2.92. The van der Waals surface area contributed by atoms with Gasteiger partial charge in [0.05, 0.1) is 0 Å². The zero-order chi connectivity index (χ0) is 17.1. The number of amides is 1. The summed E-state index contributed by atoms with van der Waals surface area (Å²) in [5.41, 5.74) is 7.07. The Morgan fingerprint density at radius 3 is 2.62 bits per heavy atom. The van der Waals surface area contributed by atoms with Gasteiger partial charge in [-0.3, -0.25) is 4.79 Å². The van der Waals surface area contributed by atoms with Gasteiger partial charge in [0, 0.05) is 43.4 Å². The summed E-state index contributed by atoms with van der Waals surface area (Å²) in [6.45, 7) is 5.77. The monoisotopic (exact) mass is 331 g/mol. The number of piperidine rings is 1. The van der Waals surface area contributed by atoms with E-state index in [1.54, 1.807) is 0 Å². The van der Waals surface area contributed by atoms with Crippen molar-refractivity contribution in [1.82, 2.24) is 15.3 Å². The zero-order valence-corrected chi connectivity index (χ0v) is 14.8. The lowest BCUT2D eigenvalue weighted by atomic mass is 9.98. The van der Waals surface area contributed by atoms with Gasteiger partial charge in [0.2, 0.25) is 5.91 Å². The van der Waals surface area contributed by atoms with Crippen molar-refractivity contribution in [2.75, 3.05) is 18.0 Å². The Bertz CT molecular complexity index is 563. The first-order valence-corrected chi connectivity index (χ1v) is 9.13. The highest BCUT2D eigenvalue weighted by Crippen LogP contribution is 2.27. The molecule has 24 heavy (non-hydrogen) atoms. The molecule has 1 aliphatic heterocycles. The van der Waals surface area contributed by atoms with Crippen LogP contribution in [0.5, 0.6) is 0 Å². The number of hydrogen-bond acceptors (Lipinski definition) is 5. The molecule has 3 rings (SSSR count). The van der Waals surface area contributed by atoms with E-state index in [0.717, 1.165) is 62.5 Å². The summed E-state index contributed by atoms with van der Waals surface area (Å²) in [6, 6.07) is 2.52. The standard InChI is InChI=1S/C18H29N5O/c1-12-10-17(21-13(2)20-12)23-8-6-15(7-9-23)22-18(24)11-14-4-3-5-16(14)19/h10,14-16H,3-9,11,19H2,1-2H3,(H,22,24)/t14-,16+/m0/s1. The van der Waals surface area contributed by atoms with Crippen molar-refractivity contribution in [3.05, 3.63) is 17.6 Å². The fourth-order valence-electron chi connectivity index (χ4n) is 3.96. The normalized spacial score (nSPS) is 25.0. The summed E-state index contributed by atoms with van der Waals surface area (Å²) in [7, 11) is 0. The minimum atomic E-state index is 0.171. The summed E-state index contributed by atoms with van der Waals surface area (Å²) >= 11 is 0. The molecular weight excluding hydrogens is 302 g/mol. The van der Waals surface area contributed by atoms with Gasteiger partial charge >= 0.3 is 0 Å². The van der Waals surface area contributed by atoms with E-state index in [9.17, 15) is 4.79 Å². The number of nitrogens with one attached hydrogen (secondary N) is 1. The van der Waals surface area contributed by atoms with Crippen LogP contribution in [0.4, 0.5) is 5.82 Å². The highest BCUT2D eigenvalue weighted by Gasteiger charge is 2.28. The van der Waals surface area contributed by atoms with E-state index in [1.807, 2.05) is 19.9 Å². The zero-order valence-electron chi connectivity index (χ0n) is 14.8. The number of carbonyl (C=O) groups is 1. The van der Waals surface area contributed by atoms with E-state index in [0.29, 0.717) is 12.3 Å². The van der Waals surface area contributed by atoms with E-state index in [-0.39, 0.29) is 18.0 Å². The molecule has 1 aromatic heterocycles. The topological polar surface area (TPSA) is 84.1 Å². The maximum Gasteiger partial charge on any atom is 0.220 e. The lowest BCUT2D eigenvalue weighted by Gasteiger charge is -2.33. The molecule has 1 aliphatic carbocycles. The van der Waals surface area contributed by atoms with Crippen LogP contribution in [0.1, 0.15) is 50.0 Å². The van der Waals surface area contributed by atoms with Crippen molar-refractivity contribution in [1.29, 1.82) is 0 Å². The molecule has 2 fully saturated rings. The number of carbonyl (C=O) groups excluding carboxylic acids is 1. The number of nitrogens with two attached hydrogens (primary N) is 1. The van der Waals surface area contributed by atoms with E-state index in [1.165, 1.54) is 0 Å². The maximum atomic E-state index is 12.3. The van der Waals surface area contributed by atoms with Crippen LogP contribution in [0.2, 0.25) is 0 Å². The van der Waals surface area contributed by atoms with Gasteiger partial charge in [0.25, 0.3) is 0 Å². The quantitative estimate of drug-likeness (QED) is 0.877. The summed E-state index contributed by atoms with van der Waals surface area (Å²) in [6.07, 6.45) is 5.84. The Hall–Kier alpha value is -1.69. The Morgan fingerprint density at radius 2 is 2.00 bits per heavy atom. The molecule has 1 saturated carbocycles. The fraction of sp³-hybridized carbons (Fsp3) is 0.722. The van der Waals surface area contributed by atoms with Gasteiger partial charge in [-0.2, -0.15) is 0 Å². The van der Waals surface area contributed by atoms with E-state index in [4.69, 9.17) is 5.73 Å². The van der Waals surface area contributed by atoms with Crippen LogP contribution in [-0.4, -0.2) is 41.0 Å². The van der Waals surface area contributed by atoms with Crippen molar-refractivity contribution >= 4 is 11.7 Å². The number of anilines is 1. The van der Waals surface area contributed by atoms with Gasteiger partial charge in [-0.15, -0.1) is 0 Å². The molecule has 1 aromatic rings. The first-order valence-electron chi connectivity index (χ1n) is 9.13. The molecule has 0 aromatic carbocycles. The van der Waals surface area contributed by atoms with Gasteiger partial charge in [0.15, 0.2) is 0 Å². The molecule has 1 amide bonds. The molecule has 0 bridgehead atoms. The molecule has 2 aliphatic rings. The highest BCUT2D eigenvalue weighted by atomic mass is 16.1. The minimum Gasteiger partial charge on any atom is -0.356 e. The average molecular weight is 331 g/mol. The van der Waals surface area contributed by atoms with Crippen LogP contribution in [0.25, 0.3) is 0 Å². The molecule has 0 radical (unpaired) electrons. The third-order valence-electron chi connectivity index (χ3n) is 5.30. The van der Waals surface area contributed by atoms with Gasteiger partial charge in [0.1, 0.15) is 11.6 Å². The van der Waals surface area contributed by atoms with Crippen molar-refractivity contribution in [3.8, 4) is 0 Å². The summed E-state index contributed by atoms with van der Waals surface area (Å²) in [4.78, 5) is 23.4. The Balaban J connectivity index is 1.47. The second-order valence-corrected chi connectivity index (χ2v) is 7.30. The van der Waals surface area contributed by atoms with Gasteiger partial charge in [-0.25, -0.2) is 9.97 Å². The number of rotatable bonds is 4. The molecule has 2 atom stereocenters. The Kier molecular flexibility index (Phi) is 5.33. The smallest absolute Gasteiger partial charge is 0.220 e. The minimum absolute atomic E-state index is 0.171. The van der Waals surface area contributed by atoms with Crippen molar-refractivity contribution in [3.63, 3.8) is 0 Å². The van der Waals surface area contributed by atoms with Crippen LogP contribution >= 0.6 is 0 Å². The van der Waals surface area contributed by atoms with Crippen LogP contribution in [-0.2, 0) is 4.79 Å². The molecule has 0 unspecified atom stereocenters. The lowest BCUT2D eigenvalue weighted by molar-refractivity contribution is -0.122. The van der Waals surface area contributed by atoms with E-state index < -0.39 is 0 Å². The number of hydrogen-bond donors (Lipinski definition) is 2. The molecule has 6 heteroatoms. The van der Waals surface area contributed by atoms with Gasteiger partial charge in [-0.1, -0.05) is 6.42 Å². The largest absolute Gasteiger partial charge is 0.356 e. The number of aryl methyl sites for hydroxylation is 2. The lowest BCUT2D eigenvalue weighted by Crippen LogP contribution is -2.45. The number of nitrogens with zero attached hydrogens (tertiary/aromatic N) is 3. The summed E-state index contributed by atoms with van der Waals surface area (Å²) < 4.78 is 0. The molecule has 1 saturated heterocycles. The van der Waals surface area contributed by atoms with Crippen LogP contribution < -0.4 is 16.0 Å². The van der Waals surface area contributed by atoms with Gasteiger partial charge < -0.3 is 16.0 Å². The fourth-order valence-corrected chi connectivity index (χ4v) is 3.96. The highest BCUT2D eigenvalue weighted by molar-refractivity contribution is 5.76. The van der Waals surface area contributed by atoms with Crippen LogP contribution in [0.15, 0.2) is 6.07 Å². The van der Waals surface area contributed by atoms with Gasteiger partial charge in [-0.05, 0) is 45.4 Å².